The molecule has 0 aromatic heterocycles. The smallest absolute Gasteiger partial charge is 0.321 e. The third-order valence-corrected chi connectivity index (χ3v) is 5.71. The average Bonchev–Trinajstić information content (AvgIpc) is 3.20. The molecule has 2 aromatic carbocycles. The first-order valence-corrected chi connectivity index (χ1v) is 10.4. The van der Waals surface area contributed by atoms with Crippen LogP contribution in [-0.2, 0) is 6.54 Å². The molecule has 0 atom stereocenters. The molecule has 2 aromatic rings. The summed E-state index contributed by atoms with van der Waals surface area (Å²) >= 11 is 0. The van der Waals surface area contributed by atoms with Crippen molar-refractivity contribution in [2.24, 2.45) is 0 Å². The first-order chi connectivity index (χ1) is 14.1. The van der Waals surface area contributed by atoms with Crippen molar-refractivity contribution in [3.63, 3.8) is 0 Å². The Bertz CT molecular complexity index is 857. The summed E-state index contributed by atoms with van der Waals surface area (Å²) in [5.74, 6) is -0.0254. The Morgan fingerprint density at radius 1 is 0.931 bits per heavy atom. The number of carbonyl (C=O) groups is 2. The molecule has 2 saturated heterocycles. The lowest BCUT2D eigenvalue weighted by molar-refractivity contribution is 0.0785. The predicted molar refractivity (Wildman–Crippen MR) is 115 cm³/mol. The Morgan fingerprint density at radius 2 is 1.59 bits per heavy atom. The minimum absolute atomic E-state index is 0.0254. The van der Waals surface area contributed by atoms with E-state index in [4.69, 9.17) is 0 Å². The van der Waals surface area contributed by atoms with Crippen molar-refractivity contribution in [2.45, 2.75) is 25.8 Å². The number of rotatable bonds is 5. The number of carbonyl (C=O) groups excluding carboxylic acids is 2. The van der Waals surface area contributed by atoms with Gasteiger partial charge in [-0.25, -0.2) is 4.79 Å². The summed E-state index contributed by atoms with van der Waals surface area (Å²) in [6.45, 7) is 4.13. The van der Waals surface area contributed by atoms with Crippen LogP contribution in [0.5, 0.6) is 0 Å². The van der Waals surface area contributed by atoms with Gasteiger partial charge in [-0.2, -0.15) is 0 Å². The van der Waals surface area contributed by atoms with E-state index in [1.165, 1.54) is 24.9 Å². The van der Waals surface area contributed by atoms with E-state index in [0.29, 0.717) is 25.2 Å². The largest absolute Gasteiger partial charge is 0.372 e. The Balaban J connectivity index is 1.37. The van der Waals surface area contributed by atoms with Gasteiger partial charge in [0.15, 0.2) is 0 Å². The molecule has 152 valence electrons. The molecule has 6 heteroatoms. The van der Waals surface area contributed by atoms with E-state index in [2.05, 4.69) is 34.5 Å². The quantitative estimate of drug-likeness (QED) is 0.848. The molecule has 0 spiro atoms. The summed E-state index contributed by atoms with van der Waals surface area (Å²) in [7, 11) is 1.82. The van der Waals surface area contributed by atoms with Crippen LogP contribution in [-0.4, -0.2) is 50.1 Å². The number of amides is 3. The normalized spacial score (nSPS) is 16.7. The monoisotopic (exact) mass is 392 g/mol. The number of hydrogen-bond acceptors (Lipinski definition) is 3. The fraction of sp³-hybridized carbons (Fsp3) is 0.391. The first kappa shape index (κ1) is 19.3. The minimum Gasteiger partial charge on any atom is -0.372 e. The molecule has 0 radical (unpaired) electrons. The zero-order valence-corrected chi connectivity index (χ0v) is 16.9. The molecule has 2 aliphatic rings. The van der Waals surface area contributed by atoms with Gasteiger partial charge in [-0.1, -0.05) is 12.1 Å². The van der Waals surface area contributed by atoms with Crippen LogP contribution in [0, 0.1) is 0 Å². The maximum absolute atomic E-state index is 12.8. The highest BCUT2D eigenvalue weighted by Crippen LogP contribution is 2.21. The third-order valence-electron chi connectivity index (χ3n) is 5.71. The van der Waals surface area contributed by atoms with E-state index >= 15 is 0 Å². The van der Waals surface area contributed by atoms with Gasteiger partial charge in [-0.05, 0) is 61.2 Å². The first-order valence-electron chi connectivity index (χ1n) is 10.4. The van der Waals surface area contributed by atoms with Crippen LogP contribution < -0.4 is 15.1 Å². The molecule has 0 unspecified atom stereocenters. The Labute approximate surface area is 172 Å². The van der Waals surface area contributed by atoms with Crippen molar-refractivity contribution in [3.05, 3.63) is 59.7 Å². The molecule has 0 saturated carbocycles. The van der Waals surface area contributed by atoms with E-state index in [1.807, 2.05) is 19.2 Å². The van der Waals surface area contributed by atoms with Gasteiger partial charge < -0.3 is 15.1 Å². The number of nitrogens with zero attached hydrogens (tertiary/aromatic N) is 3. The zero-order valence-electron chi connectivity index (χ0n) is 16.9. The molecule has 3 amide bonds. The van der Waals surface area contributed by atoms with Crippen molar-refractivity contribution in [3.8, 4) is 0 Å². The molecule has 0 bridgehead atoms. The third kappa shape index (κ3) is 4.36. The van der Waals surface area contributed by atoms with Gasteiger partial charge in [0, 0.05) is 56.7 Å². The fourth-order valence-corrected chi connectivity index (χ4v) is 4.03. The molecule has 1 N–H and O–H groups in total. The van der Waals surface area contributed by atoms with E-state index in [1.54, 1.807) is 21.9 Å². The van der Waals surface area contributed by atoms with Gasteiger partial charge in [0.1, 0.15) is 0 Å². The number of urea groups is 1. The lowest BCUT2D eigenvalue weighted by Crippen LogP contribution is -2.29. The standard InChI is InChI=1S/C23H28N4O2/c1-25(17-18-5-9-20(10-6-18)26-14-3-2-4-15-26)22(28)19-7-11-21(12-8-19)27-16-13-24-23(27)29/h5-12H,2-4,13-17H2,1H3,(H,24,29). The number of benzene rings is 2. The van der Waals surface area contributed by atoms with Gasteiger partial charge in [0.2, 0.25) is 0 Å². The van der Waals surface area contributed by atoms with Crippen LogP contribution in [0.3, 0.4) is 0 Å². The van der Waals surface area contributed by atoms with Crippen LogP contribution in [0.15, 0.2) is 48.5 Å². The lowest BCUT2D eigenvalue weighted by atomic mass is 10.1. The second kappa shape index (κ2) is 8.55. The van der Waals surface area contributed by atoms with Crippen molar-refractivity contribution in [1.82, 2.24) is 10.2 Å². The van der Waals surface area contributed by atoms with Gasteiger partial charge in [-0.3, -0.25) is 9.69 Å². The van der Waals surface area contributed by atoms with Crippen molar-refractivity contribution in [2.75, 3.05) is 43.0 Å². The van der Waals surface area contributed by atoms with Crippen molar-refractivity contribution in [1.29, 1.82) is 0 Å². The second-order valence-electron chi connectivity index (χ2n) is 7.81. The minimum atomic E-state index is -0.0887. The average molecular weight is 393 g/mol. The zero-order chi connectivity index (χ0) is 20.2. The van der Waals surface area contributed by atoms with Gasteiger partial charge in [0.25, 0.3) is 5.91 Å². The van der Waals surface area contributed by atoms with Gasteiger partial charge in [0.05, 0.1) is 0 Å². The fourth-order valence-electron chi connectivity index (χ4n) is 4.03. The molecular formula is C23H28N4O2. The highest BCUT2D eigenvalue weighted by Gasteiger charge is 2.21. The number of nitrogens with one attached hydrogen (secondary N) is 1. The van der Waals surface area contributed by atoms with Crippen LogP contribution in [0.4, 0.5) is 16.2 Å². The summed E-state index contributed by atoms with van der Waals surface area (Å²) in [6, 6.07) is 15.7. The van der Waals surface area contributed by atoms with Crippen LogP contribution in [0.2, 0.25) is 0 Å². The van der Waals surface area contributed by atoms with Crippen LogP contribution >= 0.6 is 0 Å². The second-order valence-corrected chi connectivity index (χ2v) is 7.81. The Hall–Kier alpha value is -3.02. The maximum Gasteiger partial charge on any atom is 0.321 e. The highest BCUT2D eigenvalue weighted by atomic mass is 16.2. The summed E-state index contributed by atoms with van der Waals surface area (Å²) in [5.41, 5.74) is 3.82. The van der Waals surface area contributed by atoms with E-state index in [9.17, 15) is 9.59 Å². The molecule has 4 rings (SSSR count). The van der Waals surface area contributed by atoms with Crippen molar-refractivity contribution < 1.29 is 9.59 Å². The van der Waals surface area contributed by atoms with Crippen molar-refractivity contribution >= 4 is 23.3 Å². The van der Waals surface area contributed by atoms with E-state index in [0.717, 1.165) is 24.3 Å². The molecular weight excluding hydrogens is 364 g/mol. The number of hydrogen-bond donors (Lipinski definition) is 1. The topological polar surface area (TPSA) is 55.9 Å². The summed E-state index contributed by atoms with van der Waals surface area (Å²) < 4.78 is 0. The highest BCUT2D eigenvalue weighted by molar-refractivity contribution is 5.96. The summed E-state index contributed by atoms with van der Waals surface area (Å²) in [4.78, 5) is 30.4. The maximum atomic E-state index is 12.8. The van der Waals surface area contributed by atoms with E-state index in [-0.39, 0.29) is 11.9 Å². The van der Waals surface area contributed by atoms with Gasteiger partial charge >= 0.3 is 6.03 Å². The molecule has 6 nitrogen and oxygen atoms in total. The molecule has 2 aliphatic heterocycles. The molecule has 29 heavy (non-hydrogen) atoms. The van der Waals surface area contributed by atoms with Gasteiger partial charge in [-0.15, -0.1) is 0 Å². The van der Waals surface area contributed by atoms with Crippen LogP contribution in [0.1, 0.15) is 35.2 Å². The molecule has 0 aliphatic carbocycles. The number of anilines is 2. The molecule has 2 fully saturated rings. The summed E-state index contributed by atoms with van der Waals surface area (Å²) in [5, 5.41) is 2.78. The Morgan fingerprint density at radius 3 is 2.21 bits per heavy atom. The summed E-state index contributed by atoms with van der Waals surface area (Å²) in [6.07, 6.45) is 3.86. The Kier molecular flexibility index (Phi) is 5.69. The van der Waals surface area contributed by atoms with E-state index < -0.39 is 0 Å². The number of piperidine rings is 1. The molecule has 2 heterocycles. The lowest BCUT2D eigenvalue weighted by Gasteiger charge is -2.29. The van der Waals surface area contributed by atoms with Crippen LogP contribution in [0.25, 0.3) is 0 Å². The predicted octanol–water partition coefficient (Wildman–Crippen LogP) is 3.48. The SMILES string of the molecule is CN(Cc1ccc(N2CCCCC2)cc1)C(=O)c1ccc(N2CCNC2=O)cc1.